The van der Waals surface area contributed by atoms with Gasteiger partial charge in [-0.2, -0.15) is 0 Å². The van der Waals surface area contributed by atoms with Gasteiger partial charge in [0.15, 0.2) is 5.65 Å². The average molecular weight is 322 g/mol. The van der Waals surface area contributed by atoms with Crippen LogP contribution in [0.5, 0.6) is 0 Å². The van der Waals surface area contributed by atoms with Crippen LogP contribution in [0.1, 0.15) is 30.3 Å². The molecule has 0 fully saturated rings. The van der Waals surface area contributed by atoms with Crippen LogP contribution in [0.15, 0.2) is 29.9 Å². The van der Waals surface area contributed by atoms with Crippen LogP contribution in [-0.2, 0) is 6.42 Å². The van der Waals surface area contributed by atoms with E-state index in [-0.39, 0.29) is 0 Å². The first kappa shape index (κ1) is 14.3. The van der Waals surface area contributed by atoms with Crippen molar-refractivity contribution in [2.75, 3.05) is 0 Å². The van der Waals surface area contributed by atoms with Gasteiger partial charge < -0.3 is 0 Å². The number of benzene rings is 1. The van der Waals surface area contributed by atoms with Gasteiger partial charge >= 0.3 is 0 Å². The van der Waals surface area contributed by atoms with Gasteiger partial charge in [0.2, 0.25) is 0 Å². The number of thiophene rings is 1. The topological polar surface area (TPSA) is 43.1 Å². The van der Waals surface area contributed by atoms with Crippen LogP contribution in [0.25, 0.3) is 27.0 Å². The van der Waals surface area contributed by atoms with Crippen LogP contribution in [0, 0.1) is 13.8 Å². The van der Waals surface area contributed by atoms with Crippen molar-refractivity contribution >= 4 is 27.2 Å². The molecule has 0 saturated carbocycles. The van der Waals surface area contributed by atoms with Crippen molar-refractivity contribution in [1.82, 2.24) is 19.6 Å². The summed E-state index contributed by atoms with van der Waals surface area (Å²) in [7, 11) is 0. The molecule has 0 N–H and O–H groups in total. The number of fused-ring (bicyclic) bond motifs is 3. The fraction of sp³-hybridized carbons (Fsp3) is 0.278. The smallest absolute Gasteiger partial charge is 0.173 e. The summed E-state index contributed by atoms with van der Waals surface area (Å²) in [5, 5.41) is 12.1. The van der Waals surface area contributed by atoms with E-state index < -0.39 is 0 Å². The van der Waals surface area contributed by atoms with Crippen LogP contribution in [-0.4, -0.2) is 19.6 Å². The molecule has 4 aromatic rings. The summed E-state index contributed by atoms with van der Waals surface area (Å²) in [6.45, 7) is 6.44. The first-order chi connectivity index (χ1) is 11.2. The minimum Gasteiger partial charge on any atom is -0.269 e. The van der Waals surface area contributed by atoms with Crippen LogP contribution in [0.2, 0.25) is 0 Å². The molecule has 0 spiro atoms. The molecule has 1 aromatic carbocycles. The van der Waals surface area contributed by atoms with E-state index in [1.807, 2.05) is 10.7 Å². The molecule has 0 atom stereocenters. The summed E-state index contributed by atoms with van der Waals surface area (Å²) in [6, 6.07) is 6.59. The summed E-state index contributed by atoms with van der Waals surface area (Å²) in [4.78, 5) is 5.63. The van der Waals surface area contributed by atoms with Crippen LogP contribution in [0.4, 0.5) is 0 Å². The van der Waals surface area contributed by atoms with Gasteiger partial charge in [-0.05, 0) is 37.0 Å². The molecule has 0 unspecified atom stereocenters. The second-order valence-corrected chi connectivity index (χ2v) is 6.79. The third kappa shape index (κ3) is 2.23. The van der Waals surface area contributed by atoms with E-state index in [9.17, 15) is 0 Å². The zero-order valence-electron chi connectivity index (χ0n) is 13.5. The maximum Gasteiger partial charge on any atom is 0.173 e. The van der Waals surface area contributed by atoms with Crippen LogP contribution in [0.3, 0.4) is 0 Å². The fourth-order valence-electron chi connectivity index (χ4n) is 2.90. The fourth-order valence-corrected chi connectivity index (χ4v) is 3.81. The Balaban J connectivity index is 2.00. The SMILES string of the molecule is CCCc1nnc2c3c(-c4ccc(C)c(C)c4)csc3ncn12. The van der Waals surface area contributed by atoms with Gasteiger partial charge in [0.1, 0.15) is 17.0 Å². The Hall–Kier alpha value is -2.27. The molecule has 0 bridgehead atoms. The summed E-state index contributed by atoms with van der Waals surface area (Å²) in [6.07, 6.45) is 3.81. The first-order valence-electron chi connectivity index (χ1n) is 7.86. The van der Waals surface area contributed by atoms with Crippen LogP contribution < -0.4 is 0 Å². The van der Waals surface area contributed by atoms with E-state index in [1.165, 1.54) is 22.3 Å². The molecular weight excluding hydrogens is 304 g/mol. The van der Waals surface area contributed by atoms with Crippen molar-refractivity contribution in [2.45, 2.75) is 33.6 Å². The van der Waals surface area contributed by atoms with Gasteiger partial charge in [-0.3, -0.25) is 4.40 Å². The average Bonchev–Trinajstić information content (AvgIpc) is 3.14. The van der Waals surface area contributed by atoms with Crippen molar-refractivity contribution in [3.63, 3.8) is 0 Å². The van der Waals surface area contributed by atoms with Gasteiger partial charge in [-0.1, -0.05) is 25.1 Å². The van der Waals surface area contributed by atoms with E-state index in [0.717, 1.165) is 34.5 Å². The standard InChI is InChI=1S/C18H18N4S/c1-4-5-15-20-21-17-16-14(9-23-18(16)19-10-22(15)17)13-7-6-11(2)12(3)8-13/h6-10H,4-5H2,1-3H3. The molecule has 0 amide bonds. The highest BCUT2D eigenvalue weighted by atomic mass is 32.1. The molecule has 3 aromatic heterocycles. The summed E-state index contributed by atoms with van der Waals surface area (Å²) < 4.78 is 2.03. The molecule has 0 saturated heterocycles. The predicted molar refractivity (Wildman–Crippen MR) is 95.1 cm³/mol. The van der Waals surface area contributed by atoms with Crippen LogP contribution >= 0.6 is 11.3 Å². The normalized spacial score (nSPS) is 11.6. The van der Waals surface area contributed by atoms with Crippen molar-refractivity contribution < 1.29 is 0 Å². The number of aryl methyl sites for hydroxylation is 3. The van der Waals surface area contributed by atoms with Crippen molar-refractivity contribution in [3.05, 3.63) is 46.9 Å². The number of hydrogen-bond acceptors (Lipinski definition) is 4. The second-order valence-electron chi connectivity index (χ2n) is 5.93. The minimum absolute atomic E-state index is 0.910. The predicted octanol–water partition coefficient (Wildman–Crippen LogP) is 4.58. The zero-order chi connectivity index (χ0) is 16.0. The zero-order valence-corrected chi connectivity index (χ0v) is 14.3. The Kier molecular flexibility index (Phi) is 3.38. The molecule has 4 rings (SSSR count). The van der Waals surface area contributed by atoms with Gasteiger partial charge in [0, 0.05) is 17.4 Å². The molecule has 3 heterocycles. The summed E-state index contributed by atoms with van der Waals surface area (Å²) in [5.74, 6) is 0.981. The van der Waals surface area contributed by atoms with Gasteiger partial charge in [0.25, 0.3) is 0 Å². The number of aromatic nitrogens is 4. The molecule has 5 heteroatoms. The van der Waals surface area contributed by atoms with E-state index in [2.05, 4.69) is 59.5 Å². The van der Waals surface area contributed by atoms with Gasteiger partial charge in [-0.25, -0.2) is 4.98 Å². The number of hydrogen-bond donors (Lipinski definition) is 0. The number of nitrogens with zero attached hydrogens (tertiary/aromatic N) is 4. The Morgan fingerprint density at radius 3 is 2.78 bits per heavy atom. The third-order valence-electron chi connectivity index (χ3n) is 4.34. The summed E-state index contributed by atoms with van der Waals surface area (Å²) >= 11 is 1.66. The molecule has 0 radical (unpaired) electrons. The van der Waals surface area contributed by atoms with Crippen molar-refractivity contribution in [1.29, 1.82) is 0 Å². The third-order valence-corrected chi connectivity index (χ3v) is 5.23. The van der Waals surface area contributed by atoms with Crippen molar-refractivity contribution in [3.8, 4) is 11.1 Å². The number of rotatable bonds is 3. The van der Waals surface area contributed by atoms with E-state index in [4.69, 9.17) is 0 Å². The van der Waals surface area contributed by atoms with E-state index >= 15 is 0 Å². The van der Waals surface area contributed by atoms with Gasteiger partial charge in [-0.15, -0.1) is 21.5 Å². The quantitative estimate of drug-likeness (QED) is 0.554. The monoisotopic (exact) mass is 322 g/mol. The van der Waals surface area contributed by atoms with Crippen molar-refractivity contribution in [2.24, 2.45) is 0 Å². The molecule has 0 aliphatic heterocycles. The lowest BCUT2D eigenvalue weighted by molar-refractivity contribution is 0.813. The highest BCUT2D eigenvalue weighted by molar-refractivity contribution is 7.17. The lowest BCUT2D eigenvalue weighted by Gasteiger charge is -2.05. The molecule has 0 aliphatic rings. The Labute approximate surface area is 138 Å². The van der Waals surface area contributed by atoms with Gasteiger partial charge in [0.05, 0.1) is 5.39 Å². The Morgan fingerprint density at radius 1 is 1.13 bits per heavy atom. The molecule has 116 valence electrons. The lowest BCUT2D eigenvalue weighted by atomic mass is 10.0. The maximum absolute atomic E-state index is 4.61. The molecule has 0 aliphatic carbocycles. The Morgan fingerprint density at radius 2 is 2.00 bits per heavy atom. The molecule has 4 nitrogen and oxygen atoms in total. The molecule has 23 heavy (non-hydrogen) atoms. The highest BCUT2D eigenvalue weighted by Crippen LogP contribution is 2.35. The lowest BCUT2D eigenvalue weighted by Crippen LogP contribution is -1.95. The van der Waals surface area contributed by atoms with E-state index in [0.29, 0.717) is 0 Å². The van der Waals surface area contributed by atoms with E-state index in [1.54, 1.807) is 11.3 Å². The Bertz CT molecular complexity index is 1010. The highest BCUT2D eigenvalue weighted by Gasteiger charge is 2.15. The second kappa shape index (κ2) is 5.42. The summed E-state index contributed by atoms with van der Waals surface area (Å²) in [5.41, 5.74) is 5.93. The first-order valence-corrected chi connectivity index (χ1v) is 8.74. The molecular formula is C18H18N4S. The maximum atomic E-state index is 4.61. The largest absolute Gasteiger partial charge is 0.269 e. The minimum atomic E-state index is 0.910.